The summed E-state index contributed by atoms with van der Waals surface area (Å²) < 4.78 is 0. The Bertz CT molecular complexity index is 503. The summed E-state index contributed by atoms with van der Waals surface area (Å²) in [5.74, 6) is 1.41. The number of nitrogens with zero attached hydrogens (tertiary/aromatic N) is 2. The molecule has 2 aliphatic rings. The van der Waals surface area contributed by atoms with Crippen molar-refractivity contribution < 1.29 is 4.79 Å². The zero-order valence-electron chi connectivity index (χ0n) is 14.0. The van der Waals surface area contributed by atoms with E-state index in [-0.39, 0.29) is 30.7 Å². The lowest BCUT2D eigenvalue weighted by atomic mass is 9.99. The van der Waals surface area contributed by atoms with E-state index in [0.717, 1.165) is 38.5 Å². The smallest absolute Gasteiger partial charge is 0.255 e. The molecule has 0 aromatic carbocycles. The summed E-state index contributed by atoms with van der Waals surface area (Å²) in [5.41, 5.74) is 0.716. The van der Waals surface area contributed by atoms with Crippen molar-refractivity contribution in [1.82, 2.24) is 15.6 Å². The maximum Gasteiger partial charge on any atom is 0.255 e. The van der Waals surface area contributed by atoms with Gasteiger partial charge in [0.25, 0.3) is 5.91 Å². The molecule has 3 heterocycles. The van der Waals surface area contributed by atoms with Crippen LogP contribution in [0.4, 0.5) is 5.82 Å². The molecule has 0 aliphatic carbocycles. The van der Waals surface area contributed by atoms with Crippen LogP contribution in [0.1, 0.15) is 42.5 Å². The summed E-state index contributed by atoms with van der Waals surface area (Å²) in [4.78, 5) is 19.3. The fourth-order valence-electron chi connectivity index (χ4n) is 3.36. The van der Waals surface area contributed by atoms with Gasteiger partial charge in [-0.2, -0.15) is 0 Å². The number of carbonyl (C=O) groups is 1. The molecule has 136 valence electrons. The Morgan fingerprint density at radius 3 is 2.75 bits per heavy atom. The molecule has 0 spiro atoms. The van der Waals surface area contributed by atoms with Crippen LogP contribution in [0.25, 0.3) is 0 Å². The van der Waals surface area contributed by atoms with Crippen LogP contribution in [0.15, 0.2) is 18.3 Å². The third-order valence-electron chi connectivity index (χ3n) is 4.64. The van der Waals surface area contributed by atoms with Gasteiger partial charge in [-0.15, -0.1) is 24.8 Å². The van der Waals surface area contributed by atoms with E-state index in [1.807, 2.05) is 12.1 Å². The molecule has 0 saturated carbocycles. The number of hydrogen-bond donors (Lipinski definition) is 2. The largest absolute Gasteiger partial charge is 0.356 e. The monoisotopic (exact) mass is 374 g/mol. The predicted molar refractivity (Wildman–Crippen MR) is 103 cm³/mol. The summed E-state index contributed by atoms with van der Waals surface area (Å²) in [7, 11) is 0. The van der Waals surface area contributed by atoms with Crippen LogP contribution < -0.4 is 15.5 Å². The van der Waals surface area contributed by atoms with E-state index in [9.17, 15) is 4.79 Å². The minimum Gasteiger partial charge on any atom is -0.356 e. The van der Waals surface area contributed by atoms with Crippen molar-refractivity contribution >= 4 is 36.5 Å². The highest BCUT2D eigenvalue weighted by Crippen LogP contribution is 2.21. The summed E-state index contributed by atoms with van der Waals surface area (Å²) in [6, 6.07) is 3.75. The number of hydrogen-bond acceptors (Lipinski definition) is 4. The van der Waals surface area contributed by atoms with E-state index in [0.29, 0.717) is 11.5 Å². The topological polar surface area (TPSA) is 57.3 Å². The Hall–Kier alpha value is -1.04. The second-order valence-electron chi connectivity index (χ2n) is 6.34. The fraction of sp³-hybridized carbons (Fsp3) is 0.647. The molecule has 0 radical (unpaired) electrons. The minimum absolute atomic E-state index is 0. The van der Waals surface area contributed by atoms with Crippen LogP contribution in [0, 0.1) is 5.92 Å². The van der Waals surface area contributed by atoms with Gasteiger partial charge >= 0.3 is 0 Å². The Labute approximate surface area is 156 Å². The number of piperidine rings is 2. The van der Waals surface area contributed by atoms with Gasteiger partial charge in [-0.1, -0.05) is 0 Å². The number of nitrogens with one attached hydrogen (secondary N) is 2. The second-order valence-corrected chi connectivity index (χ2v) is 6.34. The molecule has 3 rings (SSSR count). The number of rotatable bonds is 4. The Kier molecular flexibility index (Phi) is 9.41. The first kappa shape index (κ1) is 21.0. The normalized spacial score (nSPS) is 20.5. The number of anilines is 1. The lowest BCUT2D eigenvalue weighted by molar-refractivity contribution is 0.0945. The average molecular weight is 375 g/mol. The zero-order chi connectivity index (χ0) is 15.2. The van der Waals surface area contributed by atoms with Gasteiger partial charge in [0.15, 0.2) is 0 Å². The number of carbonyl (C=O) groups excluding carboxylic acids is 1. The standard InChI is InChI=1S/C17H26N4O.2ClH/c22-17(20-13-14-6-4-8-18-12-14)15-7-5-9-19-16(15)21-10-2-1-3-11-21;;/h5,7,9,14,18H,1-4,6,8,10-13H2,(H,20,22);2*1H. The van der Waals surface area contributed by atoms with E-state index < -0.39 is 0 Å². The van der Waals surface area contributed by atoms with Gasteiger partial charge in [0, 0.05) is 25.8 Å². The van der Waals surface area contributed by atoms with Crippen molar-refractivity contribution in [2.75, 3.05) is 37.6 Å². The zero-order valence-corrected chi connectivity index (χ0v) is 15.6. The molecule has 7 heteroatoms. The van der Waals surface area contributed by atoms with Gasteiger partial charge < -0.3 is 15.5 Å². The van der Waals surface area contributed by atoms with Gasteiger partial charge in [0.2, 0.25) is 0 Å². The molecule has 2 aliphatic heterocycles. The molecule has 2 fully saturated rings. The second kappa shape index (κ2) is 10.7. The third kappa shape index (κ3) is 5.50. The molecule has 1 aromatic heterocycles. The van der Waals surface area contributed by atoms with Crippen LogP contribution >= 0.6 is 24.8 Å². The number of halogens is 2. The molecule has 2 saturated heterocycles. The van der Waals surface area contributed by atoms with E-state index in [2.05, 4.69) is 20.5 Å². The molecule has 1 atom stereocenters. The predicted octanol–water partition coefficient (Wildman–Crippen LogP) is 2.64. The quantitative estimate of drug-likeness (QED) is 0.850. The van der Waals surface area contributed by atoms with Gasteiger partial charge in [0.1, 0.15) is 5.82 Å². The lowest BCUT2D eigenvalue weighted by Crippen LogP contribution is -2.39. The lowest BCUT2D eigenvalue weighted by Gasteiger charge is -2.29. The summed E-state index contributed by atoms with van der Waals surface area (Å²) in [6.07, 6.45) is 7.83. The molecular formula is C17H28Cl2N4O. The highest BCUT2D eigenvalue weighted by molar-refractivity contribution is 5.98. The van der Waals surface area contributed by atoms with E-state index in [1.165, 1.54) is 32.1 Å². The summed E-state index contributed by atoms with van der Waals surface area (Å²) >= 11 is 0. The van der Waals surface area contributed by atoms with Crippen LogP contribution in [-0.4, -0.2) is 43.6 Å². The fourth-order valence-corrected chi connectivity index (χ4v) is 3.36. The molecule has 0 bridgehead atoms. The van der Waals surface area contributed by atoms with E-state index >= 15 is 0 Å². The minimum atomic E-state index is 0. The maximum atomic E-state index is 12.6. The highest BCUT2D eigenvalue weighted by Gasteiger charge is 2.20. The SMILES string of the molecule is Cl.Cl.O=C(NCC1CCCNC1)c1cccnc1N1CCCCC1. The van der Waals surface area contributed by atoms with Gasteiger partial charge in [-0.05, 0) is 63.2 Å². The Morgan fingerprint density at radius 2 is 2.04 bits per heavy atom. The molecule has 24 heavy (non-hydrogen) atoms. The van der Waals surface area contributed by atoms with Gasteiger partial charge in [0.05, 0.1) is 5.56 Å². The van der Waals surface area contributed by atoms with Gasteiger partial charge in [-0.3, -0.25) is 4.79 Å². The van der Waals surface area contributed by atoms with Crippen molar-refractivity contribution in [3.63, 3.8) is 0 Å². The summed E-state index contributed by atoms with van der Waals surface area (Å²) in [5, 5.41) is 6.49. The van der Waals surface area contributed by atoms with Crippen LogP contribution in [-0.2, 0) is 0 Å². The van der Waals surface area contributed by atoms with Crippen LogP contribution in [0.2, 0.25) is 0 Å². The number of amides is 1. The third-order valence-corrected chi connectivity index (χ3v) is 4.64. The number of pyridine rings is 1. The molecule has 5 nitrogen and oxygen atoms in total. The van der Waals surface area contributed by atoms with Crippen molar-refractivity contribution in [1.29, 1.82) is 0 Å². The number of aromatic nitrogens is 1. The van der Waals surface area contributed by atoms with Crippen LogP contribution in [0.3, 0.4) is 0 Å². The highest BCUT2D eigenvalue weighted by atomic mass is 35.5. The Morgan fingerprint density at radius 1 is 1.25 bits per heavy atom. The van der Waals surface area contributed by atoms with Crippen molar-refractivity contribution in [3.05, 3.63) is 23.9 Å². The van der Waals surface area contributed by atoms with Crippen molar-refractivity contribution in [2.45, 2.75) is 32.1 Å². The molecule has 1 unspecified atom stereocenters. The maximum absolute atomic E-state index is 12.6. The molecular weight excluding hydrogens is 347 g/mol. The van der Waals surface area contributed by atoms with E-state index in [1.54, 1.807) is 6.20 Å². The Balaban J connectivity index is 0.00000144. The first-order valence-corrected chi connectivity index (χ1v) is 8.53. The van der Waals surface area contributed by atoms with Crippen LogP contribution in [0.5, 0.6) is 0 Å². The average Bonchev–Trinajstić information content (AvgIpc) is 2.61. The molecule has 1 amide bonds. The molecule has 2 N–H and O–H groups in total. The van der Waals surface area contributed by atoms with Gasteiger partial charge in [-0.25, -0.2) is 4.98 Å². The molecule has 1 aromatic rings. The van der Waals surface area contributed by atoms with Crippen molar-refractivity contribution in [3.8, 4) is 0 Å². The van der Waals surface area contributed by atoms with E-state index in [4.69, 9.17) is 0 Å². The van der Waals surface area contributed by atoms with Crippen molar-refractivity contribution in [2.24, 2.45) is 5.92 Å². The first-order chi connectivity index (χ1) is 10.8. The first-order valence-electron chi connectivity index (χ1n) is 8.53. The summed E-state index contributed by atoms with van der Waals surface area (Å²) in [6.45, 7) is 4.87.